The molecule has 72 valence electrons. The van der Waals surface area contributed by atoms with Crippen LogP contribution in [-0.2, 0) is 0 Å². The minimum Gasteiger partial charge on any atom is -0.477 e. The van der Waals surface area contributed by atoms with E-state index in [1.165, 1.54) is 6.20 Å². The minimum atomic E-state index is -0.921. The van der Waals surface area contributed by atoms with Crippen LogP contribution in [0, 0.1) is 0 Å². The number of rotatable bonds is 5. The third-order valence-electron chi connectivity index (χ3n) is 1.30. The maximum absolute atomic E-state index is 10.5. The zero-order chi connectivity index (χ0) is 9.68. The molecule has 13 heavy (non-hydrogen) atoms. The van der Waals surface area contributed by atoms with E-state index in [1.54, 1.807) is 11.8 Å². The second-order valence-corrected chi connectivity index (χ2v) is 4.27. The molecule has 0 saturated heterocycles. The highest BCUT2D eigenvalue weighted by Crippen LogP contribution is 2.17. The van der Waals surface area contributed by atoms with Crippen molar-refractivity contribution in [3.05, 3.63) is 11.1 Å². The fraction of sp³-hybridized carbons (Fsp3) is 0.429. The van der Waals surface area contributed by atoms with Crippen LogP contribution in [0.2, 0.25) is 0 Å². The SMILES string of the molecule is CSCCNc1ncc(C(=O)O)s1. The Bertz CT molecular complexity index is 288. The highest BCUT2D eigenvalue weighted by atomic mass is 32.2. The lowest BCUT2D eigenvalue weighted by Crippen LogP contribution is -2.02. The number of nitrogens with zero attached hydrogens (tertiary/aromatic N) is 1. The van der Waals surface area contributed by atoms with Gasteiger partial charge in [0.05, 0.1) is 6.20 Å². The Morgan fingerprint density at radius 2 is 2.62 bits per heavy atom. The van der Waals surface area contributed by atoms with Crippen LogP contribution in [0.15, 0.2) is 6.20 Å². The van der Waals surface area contributed by atoms with Gasteiger partial charge in [-0.1, -0.05) is 11.3 Å². The third-order valence-corrected chi connectivity index (χ3v) is 2.85. The van der Waals surface area contributed by atoms with Gasteiger partial charge in [0.25, 0.3) is 0 Å². The number of carbonyl (C=O) groups is 1. The summed E-state index contributed by atoms with van der Waals surface area (Å²) in [6.07, 6.45) is 3.39. The molecule has 6 heteroatoms. The van der Waals surface area contributed by atoms with Crippen LogP contribution in [0.4, 0.5) is 5.13 Å². The summed E-state index contributed by atoms with van der Waals surface area (Å²) in [5, 5.41) is 12.3. The Balaban J connectivity index is 2.44. The van der Waals surface area contributed by atoms with E-state index in [2.05, 4.69) is 10.3 Å². The lowest BCUT2D eigenvalue weighted by molar-refractivity contribution is 0.0702. The maximum Gasteiger partial charge on any atom is 0.347 e. The molecule has 0 atom stereocenters. The molecular formula is C7H10N2O2S2. The molecule has 0 spiro atoms. The molecule has 0 aromatic carbocycles. The van der Waals surface area contributed by atoms with E-state index in [4.69, 9.17) is 5.11 Å². The van der Waals surface area contributed by atoms with E-state index in [0.29, 0.717) is 5.13 Å². The van der Waals surface area contributed by atoms with E-state index in [1.807, 2.05) is 6.26 Å². The molecule has 0 bridgehead atoms. The number of hydrogen-bond donors (Lipinski definition) is 2. The van der Waals surface area contributed by atoms with Crippen molar-refractivity contribution < 1.29 is 9.90 Å². The fourth-order valence-corrected chi connectivity index (χ4v) is 1.70. The largest absolute Gasteiger partial charge is 0.477 e. The molecule has 0 fully saturated rings. The number of hydrogen-bond acceptors (Lipinski definition) is 5. The van der Waals surface area contributed by atoms with Crippen molar-refractivity contribution in [1.82, 2.24) is 4.98 Å². The molecule has 1 aromatic rings. The average Bonchev–Trinajstić information content (AvgIpc) is 2.53. The second-order valence-electron chi connectivity index (χ2n) is 2.25. The molecule has 0 aliphatic heterocycles. The van der Waals surface area contributed by atoms with Gasteiger partial charge in [0.2, 0.25) is 0 Å². The van der Waals surface area contributed by atoms with Crippen molar-refractivity contribution in [1.29, 1.82) is 0 Å². The monoisotopic (exact) mass is 218 g/mol. The highest BCUT2D eigenvalue weighted by molar-refractivity contribution is 7.98. The van der Waals surface area contributed by atoms with E-state index in [-0.39, 0.29) is 4.88 Å². The van der Waals surface area contributed by atoms with Crippen molar-refractivity contribution in [3.63, 3.8) is 0 Å². The summed E-state index contributed by atoms with van der Waals surface area (Å²) in [4.78, 5) is 14.7. The first-order valence-corrected chi connectivity index (χ1v) is 5.87. The van der Waals surface area contributed by atoms with Gasteiger partial charge < -0.3 is 10.4 Å². The smallest absolute Gasteiger partial charge is 0.347 e. The van der Waals surface area contributed by atoms with Gasteiger partial charge in [0.15, 0.2) is 5.13 Å². The van der Waals surface area contributed by atoms with Gasteiger partial charge in [-0.05, 0) is 6.26 Å². The minimum absolute atomic E-state index is 0.270. The quantitative estimate of drug-likeness (QED) is 0.735. The summed E-state index contributed by atoms with van der Waals surface area (Å²) in [6, 6.07) is 0. The van der Waals surface area contributed by atoms with Crippen LogP contribution in [0.3, 0.4) is 0 Å². The topological polar surface area (TPSA) is 62.2 Å². The summed E-state index contributed by atoms with van der Waals surface area (Å²) in [7, 11) is 0. The van der Waals surface area contributed by atoms with Crippen LogP contribution in [0.5, 0.6) is 0 Å². The molecule has 0 aliphatic rings. The first kappa shape index (κ1) is 10.3. The normalized spacial score (nSPS) is 9.92. The highest BCUT2D eigenvalue weighted by Gasteiger charge is 2.07. The summed E-state index contributed by atoms with van der Waals surface area (Å²) >= 11 is 2.89. The third kappa shape index (κ3) is 3.23. The lowest BCUT2D eigenvalue weighted by atomic mass is 10.6. The number of aromatic nitrogens is 1. The van der Waals surface area contributed by atoms with E-state index >= 15 is 0 Å². The van der Waals surface area contributed by atoms with Crippen LogP contribution >= 0.6 is 23.1 Å². The van der Waals surface area contributed by atoms with Gasteiger partial charge in [-0.2, -0.15) is 11.8 Å². The van der Waals surface area contributed by atoms with Crippen LogP contribution in [0.25, 0.3) is 0 Å². The number of aromatic carboxylic acids is 1. The molecule has 1 heterocycles. The number of nitrogens with one attached hydrogen (secondary N) is 1. The van der Waals surface area contributed by atoms with Gasteiger partial charge in [-0.3, -0.25) is 0 Å². The Kier molecular flexibility index (Phi) is 4.04. The Hall–Kier alpha value is -0.750. The first-order valence-electron chi connectivity index (χ1n) is 3.66. The zero-order valence-corrected chi connectivity index (χ0v) is 8.74. The van der Waals surface area contributed by atoms with Gasteiger partial charge in [-0.15, -0.1) is 0 Å². The summed E-state index contributed by atoms with van der Waals surface area (Å²) in [5.41, 5.74) is 0. The molecule has 1 rings (SSSR count). The number of anilines is 1. The average molecular weight is 218 g/mol. The van der Waals surface area contributed by atoms with Crippen molar-refractivity contribution in [2.24, 2.45) is 0 Å². The molecule has 0 saturated carbocycles. The summed E-state index contributed by atoms with van der Waals surface area (Å²) in [5.74, 6) is 0.0672. The van der Waals surface area contributed by atoms with Crippen LogP contribution < -0.4 is 5.32 Å². The van der Waals surface area contributed by atoms with E-state index in [0.717, 1.165) is 23.6 Å². The van der Waals surface area contributed by atoms with Crippen molar-refractivity contribution >= 4 is 34.2 Å². The molecule has 1 aromatic heterocycles. The number of carboxylic acid groups (broad SMARTS) is 1. The molecule has 2 N–H and O–H groups in total. The van der Waals surface area contributed by atoms with Crippen LogP contribution in [0.1, 0.15) is 9.67 Å². The van der Waals surface area contributed by atoms with Crippen molar-refractivity contribution in [2.75, 3.05) is 23.9 Å². The zero-order valence-electron chi connectivity index (χ0n) is 7.11. The van der Waals surface area contributed by atoms with Gasteiger partial charge in [0.1, 0.15) is 4.88 Å². The Morgan fingerprint density at radius 1 is 1.85 bits per heavy atom. The molecular weight excluding hydrogens is 208 g/mol. The Labute approximate surface area is 84.4 Å². The van der Waals surface area contributed by atoms with Crippen LogP contribution in [-0.4, -0.2) is 34.6 Å². The molecule has 0 radical (unpaired) electrons. The van der Waals surface area contributed by atoms with Gasteiger partial charge in [0, 0.05) is 12.3 Å². The molecule has 0 amide bonds. The number of carboxylic acids is 1. The van der Waals surface area contributed by atoms with Gasteiger partial charge in [-0.25, -0.2) is 9.78 Å². The molecule has 4 nitrogen and oxygen atoms in total. The van der Waals surface area contributed by atoms with E-state index in [9.17, 15) is 4.79 Å². The lowest BCUT2D eigenvalue weighted by Gasteiger charge is -1.98. The standard InChI is InChI=1S/C7H10N2O2S2/c1-12-3-2-8-7-9-4-5(13-7)6(10)11/h4H,2-3H2,1H3,(H,8,9)(H,10,11). The maximum atomic E-state index is 10.5. The fourth-order valence-electron chi connectivity index (χ4n) is 0.715. The molecule has 0 unspecified atom stereocenters. The molecule has 0 aliphatic carbocycles. The predicted molar refractivity (Wildman–Crippen MR) is 55.9 cm³/mol. The first-order chi connectivity index (χ1) is 6.24. The van der Waals surface area contributed by atoms with Crippen molar-refractivity contribution in [3.8, 4) is 0 Å². The van der Waals surface area contributed by atoms with Gasteiger partial charge >= 0.3 is 5.97 Å². The second kappa shape index (κ2) is 5.08. The summed E-state index contributed by atoms with van der Waals surface area (Å²) < 4.78 is 0. The summed E-state index contributed by atoms with van der Waals surface area (Å²) in [6.45, 7) is 0.813. The number of thiazole rings is 1. The predicted octanol–water partition coefficient (Wildman–Crippen LogP) is 1.62. The number of thioether (sulfide) groups is 1. The van der Waals surface area contributed by atoms with E-state index < -0.39 is 5.97 Å². The Morgan fingerprint density at radius 3 is 3.15 bits per heavy atom. The van der Waals surface area contributed by atoms with Crippen molar-refractivity contribution in [2.45, 2.75) is 0 Å².